The van der Waals surface area contributed by atoms with Gasteiger partial charge in [-0.1, -0.05) is 0 Å². The molecule has 0 aliphatic heterocycles. The first-order valence-electron chi connectivity index (χ1n) is 7.26. The van der Waals surface area contributed by atoms with Crippen LogP contribution in [0.15, 0.2) is 4.79 Å². The van der Waals surface area contributed by atoms with Gasteiger partial charge < -0.3 is 9.72 Å². The molecule has 116 valence electrons. The summed E-state index contributed by atoms with van der Waals surface area (Å²) >= 11 is 6.92. The molecule has 0 radical (unpaired) electrons. The van der Waals surface area contributed by atoms with E-state index < -0.39 is 0 Å². The van der Waals surface area contributed by atoms with Gasteiger partial charge in [0.25, 0.3) is 5.56 Å². The van der Waals surface area contributed by atoms with Gasteiger partial charge in [-0.3, -0.25) is 9.36 Å². The molecule has 4 nitrogen and oxygen atoms in total. The molecule has 0 saturated heterocycles. The van der Waals surface area contributed by atoms with Crippen molar-refractivity contribution in [3.05, 3.63) is 25.6 Å². The highest BCUT2D eigenvalue weighted by atomic mass is 32.1. The lowest BCUT2D eigenvalue weighted by Crippen LogP contribution is -2.22. The number of aromatic amines is 1. The number of H-pyrrole nitrogens is 1. The van der Waals surface area contributed by atoms with Gasteiger partial charge in [-0.15, -0.1) is 11.3 Å². The van der Waals surface area contributed by atoms with Gasteiger partial charge in [0.15, 0.2) is 4.77 Å². The zero-order chi connectivity index (χ0) is 15.6. The van der Waals surface area contributed by atoms with E-state index >= 15 is 0 Å². The number of fused-ring (bicyclic) bond motifs is 1. The van der Waals surface area contributed by atoms with E-state index in [1.165, 1.54) is 0 Å². The minimum Gasteiger partial charge on any atom is -0.379 e. The van der Waals surface area contributed by atoms with Gasteiger partial charge in [0.1, 0.15) is 4.83 Å². The third-order valence-electron chi connectivity index (χ3n) is 3.54. The Balaban J connectivity index is 2.18. The summed E-state index contributed by atoms with van der Waals surface area (Å²) in [7, 11) is 0. The maximum Gasteiger partial charge on any atom is 0.263 e. The Morgan fingerprint density at radius 2 is 2.05 bits per heavy atom. The van der Waals surface area contributed by atoms with Crippen LogP contribution >= 0.6 is 23.6 Å². The average molecular weight is 326 g/mol. The van der Waals surface area contributed by atoms with Crippen LogP contribution in [0.5, 0.6) is 0 Å². The summed E-state index contributed by atoms with van der Waals surface area (Å²) in [5, 5.41) is 0.782. The average Bonchev–Trinajstić information content (AvgIpc) is 2.67. The molecular formula is C15H22N2O2S2. The first-order valence-corrected chi connectivity index (χ1v) is 8.48. The van der Waals surface area contributed by atoms with Crippen LogP contribution in [0, 0.1) is 18.6 Å². The lowest BCUT2D eigenvalue weighted by molar-refractivity contribution is 0.0754. The van der Waals surface area contributed by atoms with Gasteiger partial charge in [-0.2, -0.15) is 0 Å². The molecule has 0 aromatic carbocycles. The zero-order valence-corrected chi connectivity index (χ0v) is 14.6. The molecular weight excluding hydrogens is 304 g/mol. The van der Waals surface area contributed by atoms with Crippen molar-refractivity contribution in [2.24, 2.45) is 0 Å². The maximum atomic E-state index is 12.6. The SMILES string of the molecule is Cc1sc2[nH]c(=S)n(CCCCOC(C)C)c(=O)c2c1C. The van der Waals surface area contributed by atoms with Gasteiger partial charge in [-0.05, 0) is 58.3 Å². The lowest BCUT2D eigenvalue weighted by atomic mass is 10.2. The van der Waals surface area contributed by atoms with E-state index in [2.05, 4.69) is 4.98 Å². The Hall–Kier alpha value is -0.980. The van der Waals surface area contributed by atoms with E-state index in [0.29, 0.717) is 11.3 Å². The summed E-state index contributed by atoms with van der Waals surface area (Å²) in [5.41, 5.74) is 1.09. The van der Waals surface area contributed by atoms with Crippen LogP contribution in [0.4, 0.5) is 0 Å². The van der Waals surface area contributed by atoms with E-state index in [-0.39, 0.29) is 11.7 Å². The summed E-state index contributed by atoms with van der Waals surface area (Å²) in [6, 6.07) is 0. The Morgan fingerprint density at radius 3 is 2.71 bits per heavy atom. The number of rotatable bonds is 6. The van der Waals surface area contributed by atoms with Crippen molar-refractivity contribution in [3.63, 3.8) is 0 Å². The second kappa shape index (κ2) is 6.85. The molecule has 0 aliphatic rings. The van der Waals surface area contributed by atoms with Gasteiger partial charge >= 0.3 is 0 Å². The first-order chi connectivity index (χ1) is 9.91. The molecule has 2 aromatic heterocycles. The predicted molar refractivity (Wildman–Crippen MR) is 91.1 cm³/mol. The van der Waals surface area contributed by atoms with Crippen LogP contribution in [0.3, 0.4) is 0 Å². The highest BCUT2D eigenvalue weighted by Gasteiger charge is 2.12. The number of hydrogen-bond acceptors (Lipinski definition) is 4. The van der Waals surface area contributed by atoms with Crippen LogP contribution in [0.2, 0.25) is 0 Å². The molecule has 0 amide bonds. The number of aryl methyl sites for hydroxylation is 2. The molecule has 0 fully saturated rings. The van der Waals surface area contributed by atoms with Crippen molar-refractivity contribution < 1.29 is 4.74 Å². The monoisotopic (exact) mass is 326 g/mol. The van der Waals surface area contributed by atoms with E-state index in [0.717, 1.165) is 40.1 Å². The third kappa shape index (κ3) is 3.62. The predicted octanol–water partition coefficient (Wildman–Crippen LogP) is 3.94. The minimum atomic E-state index is 0.0281. The van der Waals surface area contributed by atoms with Crippen molar-refractivity contribution in [2.75, 3.05) is 6.61 Å². The topological polar surface area (TPSA) is 47.0 Å². The minimum absolute atomic E-state index is 0.0281. The van der Waals surface area contributed by atoms with E-state index in [1.807, 2.05) is 27.7 Å². The Bertz CT molecular complexity index is 740. The van der Waals surface area contributed by atoms with E-state index in [9.17, 15) is 4.79 Å². The Kier molecular flexibility index (Phi) is 5.35. The quantitative estimate of drug-likeness (QED) is 0.646. The fraction of sp³-hybridized carbons (Fsp3) is 0.600. The number of ether oxygens (including phenoxy) is 1. The molecule has 1 N–H and O–H groups in total. The lowest BCUT2D eigenvalue weighted by Gasteiger charge is -2.09. The van der Waals surface area contributed by atoms with Crippen molar-refractivity contribution >= 4 is 33.8 Å². The highest BCUT2D eigenvalue weighted by molar-refractivity contribution is 7.71. The van der Waals surface area contributed by atoms with Crippen molar-refractivity contribution in [1.82, 2.24) is 9.55 Å². The number of thiophene rings is 1. The smallest absolute Gasteiger partial charge is 0.263 e. The molecule has 2 rings (SSSR count). The molecule has 0 saturated carbocycles. The number of aromatic nitrogens is 2. The number of nitrogens with zero attached hydrogens (tertiary/aromatic N) is 1. The largest absolute Gasteiger partial charge is 0.379 e. The molecule has 0 spiro atoms. The standard InChI is InChI=1S/C15H22N2O2S2/c1-9(2)19-8-6-5-7-17-14(18)12-10(3)11(4)21-13(12)16-15(17)20/h9H,5-8H2,1-4H3,(H,16,20). The second-order valence-electron chi connectivity index (χ2n) is 5.50. The Labute approximate surface area is 133 Å². The summed E-state index contributed by atoms with van der Waals surface area (Å²) in [6.07, 6.45) is 2.07. The molecule has 0 unspecified atom stereocenters. The summed E-state index contributed by atoms with van der Waals surface area (Å²) in [4.78, 5) is 17.8. The fourth-order valence-electron chi connectivity index (χ4n) is 2.26. The molecule has 6 heteroatoms. The van der Waals surface area contributed by atoms with Crippen LogP contribution in [0.25, 0.3) is 10.2 Å². The normalized spacial score (nSPS) is 11.7. The van der Waals surface area contributed by atoms with Gasteiger partial charge in [0, 0.05) is 18.0 Å². The van der Waals surface area contributed by atoms with E-state index in [1.54, 1.807) is 15.9 Å². The van der Waals surface area contributed by atoms with Gasteiger partial charge in [0.05, 0.1) is 11.5 Å². The van der Waals surface area contributed by atoms with Crippen LogP contribution in [-0.4, -0.2) is 22.3 Å². The maximum absolute atomic E-state index is 12.6. The summed E-state index contributed by atoms with van der Waals surface area (Å²) in [6.45, 7) is 9.44. The van der Waals surface area contributed by atoms with Crippen LogP contribution in [0.1, 0.15) is 37.1 Å². The summed E-state index contributed by atoms with van der Waals surface area (Å²) in [5.74, 6) is 0. The molecule has 2 aromatic rings. The van der Waals surface area contributed by atoms with Crippen LogP contribution in [-0.2, 0) is 11.3 Å². The van der Waals surface area contributed by atoms with Crippen LogP contribution < -0.4 is 5.56 Å². The molecule has 21 heavy (non-hydrogen) atoms. The first kappa shape index (κ1) is 16.4. The number of nitrogens with one attached hydrogen (secondary N) is 1. The summed E-state index contributed by atoms with van der Waals surface area (Å²) < 4.78 is 7.70. The fourth-order valence-corrected chi connectivity index (χ4v) is 3.65. The van der Waals surface area contributed by atoms with E-state index in [4.69, 9.17) is 17.0 Å². The molecule has 0 bridgehead atoms. The van der Waals surface area contributed by atoms with Crippen molar-refractivity contribution in [2.45, 2.75) is 53.2 Å². The third-order valence-corrected chi connectivity index (χ3v) is 4.98. The zero-order valence-electron chi connectivity index (χ0n) is 13.0. The highest BCUT2D eigenvalue weighted by Crippen LogP contribution is 2.25. The molecule has 0 aliphatic carbocycles. The number of unbranched alkanes of at least 4 members (excludes halogenated alkanes) is 1. The van der Waals surface area contributed by atoms with Gasteiger partial charge in [0.2, 0.25) is 0 Å². The Morgan fingerprint density at radius 1 is 1.33 bits per heavy atom. The van der Waals surface area contributed by atoms with Crippen molar-refractivity contribution in [3.8, 4) is 0 Å². The van der Waals surface area contributed by atoms with Crippen molar-refractivity contribution in [1.29, 1.82) is 0 Å². The number of hydrogen-bond donors (Lipinski definition) is 1. The molecule has 2 heterocycles. The van der Waals surface area contributed by atoms with Gasteiger partial charge in [-0.25, -0.2) is 0 Å². The molecule has 0 atom stereocenters. The second-order valence-corrected chi connectivity index (χ2v) is 7.11.